The maximum absolute atomic E-state index is 10.1. The zero-order valence-electron chi connectivity index (χ0n) is 16.5. The molecule has 0 bridgehead atoms. The lowest BCUT2D eigenvalue weighted by Gasteiger charge is -2.17. The van der Waals surface area contributed by atoms with Gasteiger partial charge in [-0.1, -0.05) is 103 Å². The van der Waals surface area contributed by atoms with Crippen LogP contribution < -0.4 is 5.32 Å². The molecule has 2 heteroatoms. The summed E-state index contributed by atoms with van der Waals surface area (Å²) < 4.78 is 0. The normalized spacial score (nSPS) is 19.0. The molecule has 1 saturated heterocycles. The maximum Gasteiger partial charge on any atom is 0.0693 e. The van der Waals surface area contributed by atoms with Gasteiger partial charge in [0.25, 0.3) is 0 Å². The Kier molecular flexibility index (Phi) is 15.0. The summed E-state index contributed by atoms with van der Waals surface area (Å²) >= 11 is 0. The smallest absolute Gasteiger partial charge is 0.0693 e. The van der Waals surface area contributed by atoms with E-state index in [9.17, 15) is 5.11 Å². The van der Waals surface area contributed by atoms with Crippen LogP contribution in [0.1, 0.15) is 122 Å². The molecule has 0 aromatic heterocycles. The molecule has 2 atom stereocenters. The minimum absolute atomic E-state index is 0.102. The van der Waals surface area contributed by atoms with Crippen molar-refractivity contribution in [3.8, 4) is 0 Å². The highest BCUT2D eigenvalue weighted by Crippen LogP contribution is 2.16. The fourth-order valence-electron chi connectivity index (χ4n) is 3.97. The molecule has 144 valence electrons. The molecule has 1 aliphatic heterocycles. The van der Waals surface area contributed by atoms with Crippen LogP contribution in [0.25, 0.3) is 0 Å². The maximum atomic E-state index is 10.1. The predicted octanol–water partition coefficient (Wildman–Crippen LogP) is 6.36. The SMILES string of the molecule is CCCCCCCCCCCCCCCCCC(O)C1CCCN1. The molecule has 0 spiro atoms. The Balaban J connectivity index is 1.70. The molecule has 2 unspecified atom stereocenters. The first-order valence-electron chi connectivity index (χ1n) is 11.3. The van der Waals surface area contributed by atoms with Crippen molar-refractivity contribution in [3.05, 3.63) is 0 Å². The lowest BCUT2D eigenvalue weighted by molar-refractivity contribution is 0.123. The molecule has 24 heavy (non-hydrogen) atoms. The fourth-order valence-corrected chi connectivity index (χ4v) is 3.97. The van der Waals surface area contributed by atoms with Crippen LogP contribution in [0.4, 0.5) is 0 Å². The number of aliphatic hydroxyl groups is 1. The average molecular weight is 340 g/mol. The monoisotopic (exact) mass is 339 g/mol. The third-order valence-corrected chi connectivity index (χ3v) is 5.67. The van der Waals surface area contributed by atoms with Crippen LogP contribution in [-0.4, -0.2) is 23.8 Å². The topological polar surface area (TPSA) is 32.3 Å². The fraction of sp³-hybridized carbons (Fsp3) is 1.00. The van der Waals surface area contributed by atoms with Crippen LogP contribution in [-0.2, 0) is 0 Å². The van der Waals surface area contributed by atoms with E-state index >= 15 is 0 Å². The van der Waals surface area contributed by atoms with E-state index in [4.69, 9.17) is 0 Å². The van der Waals surface area contributed by atoms with Crippen molar-refractivity contribution >= 4 is 0 Å². The molecule has 0 aromatic carbocycles. The summed E-state index contributed by atoms with van der Waals surface area (Å²) in [5.41, 5.74) is 0. The molecule has 0 amide bonds. The number of hydrogen-bond donors (Lipinski definition) is 2. The highest BCUT2D eigenvalue weighted by atomic mass is 16.3. The Morgan fingerprint density at radius 1 is 0.750 bits per heavy atom. The van der Waals surface area contributed by atoms with Gasteiger partial charge in [-0.15, -0.1) is 0 Å². The van der Waals surface area contributed by atoms with Gasteiger partial charge in [-0.05, 0) is 25.8 Å². The summed E-state index contributed by atoms with van der Waals surface area (Å²) in [7, 11) is 0. The van der Waals surface area contributed by atoms with Crippen molar-refractivity contribution in [1.29, 1.82) is 0 Å². The Labute approximate surface area is 152 Å². The van der Waals surface area contributed by atoms with E-state index in [0.29, 0.717) is 6.04 Å². The zero-order chi connectivity index (χ0) is 17.3. The van der Waals surface area contributed by atoms with Crippen molar-refractivity contribution < 1.29 is 5.11 Å². The Morgan fingerprint density at radius 3 is 1.62 bits per heavy atom. The second kappa shape index (κ2) is 16.4. The molecule has 0 aromatic rings. The van der Waals surface area contributed by atoms with Crippen LogP contribution in [0.3, 0.4) is 0 Å². The number of rotatable bonds is 17. The average Bonchev–Trinajstić information content (AvgIpc) is 3.13. The summed E-state index contributed by atoms with van der Waals surface area (Å²) in [6, 6.07) is 0.386. The molecule has 1 heterocycles. The number of unbranched alkanes of at least 4 members (excludes halogenated alkanes) is 14. The first-order chi connectivity index (χ1) is 11.8. The van der Waals surface area contributed by atoms with Gasteiger partial charge in [-0.25, -0.2) is 0 Å². The van der Waals surface area contributed by atoms with Crippen LogP contribution in [0, 0.1) is 0 Å². The second-order valence-corrected chi connectivity index (χ2v) is 8.01. The van der Waals surface area contributed by atoms with Gasteiger partial charge in [0.2, 0.25) is 0 Å². The van der Waals surface area contributed by atoms with Crippen molar-refractivity contribution in [1.82, 2.24) is 5.32 Å². The van der Waals surface area contributed by atoms with E-state index in [-0.39, 0.29) is 6.10 Å². The first-order valence-corrected chi connectivity index (χ1v) is 11.3. The van der Waals surface area contributed by atoms with Gasteiger partial charge in [0, 0.05) is 6.04 Å². The van der Waals surface area contributed by atoms with Gasteiger partial charge in [0.05, 0.1) is 6.10 Å². The van der Waals surface area contributed by atoms with E-state index in [0.717, 1.165) is 13.0 Å². The van der Waals surface area contributed by atoms with Gasteiger partial charge >= 0.3 is 0 Å². The number of aliphatic hydroxyl groups excluding tert-OH is 1. The summed E-state index contributed by atoms with van der Waals surface area (Å²) in [5.74, 6) is 0. The van der Waals surface area contributed by atoms with Crippen LogP contribution >= 0.6 is 0 Å². The lowest BCUT2D eigenvalue weighted by atomic mass is 10.0. The molecule has 0 radical (unpaired) electrons. The van der Waals surface area contributed by atoms with Crippen molar-refractivity contribution in [2.75, 3.05) is 6.54 Å². The van der Waals surface area contributed by atoms with Gasteiger partial charge < -0.3 is 10.4 Å². The van der Waals surface area contributed by atoms with Gasteiger partial charge in [-0.2, -0.15) is 0 Å². The second-order valence-electron chi connectivity index (χ2n) is 8.01. The summed E-state index contributed by atoms with van der Waals surface area (Å²) in [6.07, 6.45) is 24.4. The molecule has 1 aliphatic rings. The van der Waals surface area contributed by atoms with Gasteiger partial charge in [0.15, 0.2) is 0 Å². The zero-order valence-corrected chi connectivity index (χ0v) is 16.5. The van der Waals surface area contributed by atoms with Crippen LogP contribution in [0.15, 0.2) is 0 Å². The van der Waals surface area contributed by atoms with Crippen molar-refractivity contribution in [2.45, 2.75) is 135 Å². The van der Waals surface area contributed by atoms with Crippen molar-refractivity contribution in [3.63, 3.8) is 0 Å². The number of nitrogens with one attached hydrogen (secondary N) is 1. The summed E-state index contributed by atoms with van der Waals surface area (Å²) in [4.78, 5) is 0. The summed E-state index contributed by atoms with van der Waals surface area (Å²) in [5, 5.41) is 13.5. The highest BCUT2D eigenvalue weighted by molar-refractivity contribution is 4.80. The standard InChI is InChI=1S/C22H45NO/c1-2-3-4-5-6-7-8-9-10-11-12-13-14-15-16-19-22(24)21-18-17-20-23-21/h21-24H,2-20H2,1H3. The highest BCUT2D eigenvalue weighted by Gasteiger charge is 2.21. The van der Waals surface area contributed by atoms with E-state index < -0.39 is 0 Å². The quantitative estimate of drug-likeness (QED) is 0.302. The molecule has 0 aliphatic carbocycles. The first kappa shape index (κ1) is 22.0. The molecule has 1 fully saturated rings. The van der Waals surface area contributed by atoms with E-state index in [1.165, 1.54) is 109 Å². The Morgan fingerprint density at radius 2 is 1.21 bits per heavy atom. The van der Waals surface area contributed by atoms with Crippen LogP contribution in [0.2, 0.25) is 0 Å². The van der Waals surface area contributed by atoms with E-state index in [2.05, 4.69) is 12.2 Å². The third kappa shape index (κ3) is 12.3. The van der Waals surface area contributed by atoms with Gasteiger partial charge in [0.1, 0.15) is 0 Å². The summed E-state index contributed by atoms with van der Waals surface area (Å²) in [6.45, 7) is 3.39. The van der Waals surface area contributed by atoms with Crippen LogP contribution in [0.5, 0.6) is 0 Å². The molecule has 2 nitrogen and oxygen atoms in total. The van der Waals surface area contributed by atoms with Crippen molar-refractivity contribution in [2.24, 2.45) is 0 Å². The predicted molar refractivity (Wildman–Crippen MR) is 107 cm³/mol. The van der Waals surface area contributed by atoms with E-state index in [1.54, 1.807) is 0 Å². The Hall–Kier alpha value is -0.0800. The minimum Gasteiger partial charge on any atom is -0.392 e. The largest absolute Gasteiger partial charge is 0.392 e. The van der Waals surface area contributed by atoms with Gasteiger partial charge in [-0.3, -0.25) is 0 Å². The molecular formula is C22H45NO. The Bertz CT molecular complexity index is 250. The molecule has 1 rings (SSSR count). The molecule has 2 N–H and O–H groups in total. The number of hydrogen-bond acceptors (Lipinski definition) is 2. The lowest BCUT2D eigenvalue weighted by Crippen LogP contribution is -2.34. The van der Waals surface area contributed by atoms with E-state index in [1.807, 2.05) is 0 Å². The third-order valence-electron chi connectivity index (χ3n) is 5.67. The molecule has 0 saturated carbocycles. The minimum atomic E-state index is -0.102. The molecular weight excluding hydrogens is 294 g/mol.